The second kappa shape index (κ2) is 4.60. The lowest BCUT2D eigenvalue weighted by atomic mass is 10.2. The summed E-state index contributed by atoms with van der Waals surface area (Å²) in [6, 6.07) is 8.83. The first-order chi connectivity index (χ1) is 9.38. The van der Waals surface area contributed by atoms with E-state index in [9.17, 15) is 0 Å². The molecule has 2 aromatic rings. The molecule has 3 rings (SSSR count). The standard InChI is InChI=1S/C15H20N4S/c1-10(14-11(2)19(14)20-15(3,4)5)18-13-9-7-6-8-12(13)16-17-18/h6-9,11,14H,1H2,2-5H3/t11-,14+,19?/m1/s1. The molecular formula is C15H20N4S. The van der Waals surface area contributed by atoms with Crippen molar-refractivity contribution in [3.8, 4) is 0 Å². The van der Waals surface area contributed by atoms with E-state index in [1.54, 1.807) is 0 Å². The predicted molar refractivity (Wildman–Crippen MR) is 85.3 cm³/mol. The number of para-hydroxylation sites is 1. The van der Waals surface area contributed by atoms with Crippen LogP contribution >= 0.6 is 11.9 Å². The van der Waals surface area contributed by atoms with Gasteiger partial charge in [-0.1, -0.05) is 35.9 Å². The summed E-state index contributed by atoms with van der Waals surface area (Å²) < 4.78 is 4.48. The van der Waals surface area contributed by atoms with Crippen LogP contribution in [0.1, 0.15) is 27.7 Å². The lowest BCUT2D eigenvalue weighted by Crippen LogP contribution is -2.13. The highest BCUT2D eigenvalue weighted by molar-refractivity contribution is 7.98. The summed E-state index contributed by atoms with van der Waals surface area (Å²) in [5.74, 6) is 0. The fourth-order valence-electron chi connectivity index (χ4n) is 2.41. The van der Waals surface area contributed by atoms with E-state index in [1.807, 2.05) is 40.9 Å². The fraction of sp³-hybridized carbons (Fsp3) is 0.467. The van der Waals surface area contributed by atoms with E-state index < -0.39 is 0 Å². The van der Waals surface area contributed by atoms with Gasteiger partial charge in [-0.05, 0) is 39.8 Å². The Morgan fingerprint density at radius 2 is 2.00 bits per heavy atom. The van der Waals surface area contributed by atoms with Crippen molar-refractivity contribution in [3.63, 3.8) is 0 Å². The number of hydrogen-bond donors (Lipinski definition) is 0. The quantitative estimate of drug-likeness (QED) is 0.640. The molecular weight excluding hydrogens is 268 g/mol. The Morgan fingerprint density at radius 3 is 2.70 bits per heavy atom. The van der Waals surface area contributed by atoms with Gasteiger partial charge >= 0.3 is 0 Å². The summed E-state index contributed by atoms with van der Waals surface area (Å²) in [6.07, 6.45) is 0. The lowest BCUT2D eigenvalue weighted by molar-refractivity contribution is 0.734. The Kier molecular flexibility index (Phi) is 3.14. The molecule has 1 fully saturated rings. The molecule has 2 heterocycles. The van der Waals surface area contributed by atoms with Gasteiger partial charge in [0.25, 0.3) is 0 Å². The Labute approximate surface area is 124 Å². The van der Waals surface area contributed by atoms with Gasteiger partial charge in [0.05, 0.1) is 17.3 Å². The van der Waals surface area contributed by atoms with Crippen LogP contribution in [-0.4, -0.2) is 36.1 Å². The van der Waals surface area contributed by atoms with Crippen LogP contribution in [-0.2, 0) is 0 Å². The smallest absolute Gasteiger partial charge is 0.113 e. The van der Waals surface area contributed by atoms with Gasteiger partial charge in [-0.2, -0.15) is 0 Å². The highest BCUT2D eigenvalue weighted by Gasteiger charge is 2.49. The fourth-order valence-corrected chi connectivity index (χ4v) is 3.68. The minimum Gasteiger partial charge on any atom is -0.235 e. The largest absolute Gasteiger partial charge is 0.235 e. The van der Waals surface area contributed by atoms with Crippen molar-refractivity contribution in [2.75, 3.05) is 0 Å². The number of rotatable bonds is 3. The van der Waals surface area contributed by atoms with Crippen LogP contribution < -0.4 is 0 Å². The van der Waals surface area contributed by atoms with E-state index in [1.165, 1.54) is 0 Å². The maximum atomic E-state index is 4.25. The molecule has 1 aromatic carbocycles. The zero-order valence-corrected chi connectivity index (χ0v) is 13.2. The Hall–Kier alpha value is -1.33. The number of fused-ring (bicyclic) bond motifs is 1. The SMILES string of the molecule is C=C([C@H]1[C@@H](C)N1SC(C)(C)C)n1nnc2ccccc21. The second-order valence-corrected chi connectivity index (χ2v) is 8.06. The van der Waals surface area contributed by atoms with Crippen molar-refractivity contribution in [2.24, 2.45) is 0 Å². The maximum absolute atomic E-state index is 4.25. The number of nitrogens with zero attached hydrogens (tertiary/aromatic N) is 4. The first-order valence-corrected chi connectivity index (χ1v) is 7.63. The van der Waals surface area contributed by atoms with Gasteiger partial charge in [0.15, 0.2) is 0 Å². The summed E-state index contributed by atoms with van der Waals surface area (Å²) in [6.45, 7) is 13.2. The van der Waals surface area contributed by atoms with Gasteiger partial charge in [-0.25, -0.2) is 8.99 Å². The molecule has 0 N–H and O–H groups in total. The Bertz CT molecular complexity index is 655. The van der Waals surface area contributed by atoms with Gasteiger partial charge in [-0.3, -0.25) is 0 Å². The molecule has 1 aliphatic heterocycles. The molecule has 106 valence electrons. The first-order valence-electron chi connectivity index (χ1n) is 6.85. The zero-order chi connectivity index (χ0) is 14.5. The third kappa shape index (κ3) is 2.36. The molecule has 0 amide bonds. The first kappa shape index (κ1) is 13.6. The summed E-state index contributed by atoms with van der Waals surface area (Å²) >= 11 is 1.88. The highest BCUT2D eigenvalue weighted by Crippen LogP contribution is 2.46. The summed E-state index contributed by atoms with van der Waals surface area (Å²) in [5.41, 5.74) is 2.94. The monoisotopic (exact) mass is 288 g/mol. The summed E-state index contributed by atoms with van der Waals surface area (Å²) in [4.78, 5) is 0. The van der Waals surface area contributed by atoms with Crippen molar-refractivity contribution in [1.82, 2.24) is 19.3 Å². The van der Waals surface area contributed by atoms with Crippen LogP contribution in [0.5, 0.6) is 0 Å². The van der Waals surface area contributed by atoms with Crippen LogP contribution in [0.15, 0.2) is 30.8 Å². The lowest BCUT2D eigenvalue weighted by Gasteiger charge is -2.18. The third-order valence-electron chi connectivity index (χ3n) is 3.39. The second-order valence-electron chi connectivity index (χ2n) is 6.23. The average Bonchev–Trinajstić information content (AvgIpc) is 2.84. The van der Waals surface area contributed by atoms with Gasteiger partial charge < -0.3 is 0 Å². The molecule has 0 bridgehead atoms. The molecule has 20 heavy (non-hydrogen) atoms. The molecule has 0 aliphatic carbocycles. The normalized spacial score (nSPS) is 25.9. The van der Waals surface area contributed by atoms with Crippen molar-refractivity contribution in [3.05, 3.63) is 30.8 Å². The molecule has 1 aliphatic rings. The van der Waals surface area contributed by atoms with E-state index in [-0.39, 0.29) is 4.75 Å². The molecule has 5 heteroatoms. The number of benzene rings is 1. The average molecular weight is 288 g/mol. The molecule has 1 saturated heterocycles. The van der Waals surface area contributed by atoms with Crippen LogP contribution in [0.3, 0.4) is 0 Å². The minimum absolute atomic E-state index is 0.216. The molecule has 0 spiro atoms. The van der Waals surface area contributed by atoms with E-state index in [0.717, 1.165) is 16.7 Å². The van der Waals surface area contributed by atoms with Crippen molar-refractivity contribution < 1.29 is 0 Å². The third-order valence-corrected chi connectivity index (χ3v) is 4.71. The molecule has 0 radical (unpaired) electrons. The topological polar surface area (TPSA) is 33.7 Å². The van der Waals surface area contributed by atoms with Crippen LogP contribution in [0.4, 0.5) is 0 Å². The molecule has 0 saturated carbocycles. The minimum atomic E-state index is 0.216. The highest BCUT2D eigenvalue weighted by atomic mass is 32.2. The molecule has 3 atom stereocenters. The molecule has 4 nitrogen and oxygen atoms in total. The van der Waals surface area contributed by atoms with E-state index in [2.05, 4.69) is 48.9 Å². The molecule has 1 unspecified atom stereocenters. The van der Waals surface area contributed by atoms with Crippen molar-refractivity contribution in [1.29, 1.82) is 0 Å². The predicted octanol–water partition coefficient (Wildman–Crippen LogP) is 3.42. The van der Waals surface area contributed by atoms with Crippen molar-refractivity contribution >= 4 is 28.7 Å². The Morgan fingerprint density at radius 1 is 1.30 bits per heavy atom. The van der Waals surface area contributed by atoms with Gasteiger partial charge in [0.2, 0.25) is 0 Å². The Balaban J connectivity index is 1.84. The van der Waals surface area contributed by atoms with Gasteiger partial charge in [-0.15, -0.1) is 5.10 Å². The number of hydrogen-bond acceptors (Lipinski definition) is 4. The van der Waals surface area contributed by atoms with Gasteiger partial charge in [0.1, 0.15) is 5.52 Å². The van der Waals surface area contributed by atoms with Crippen LogP contribution in [0, 0.1) is 0 Å². The maximum Gasteiger partial charge on any atom is 0.113 e. The summed E-state index contributed by atoms with van der Waals surface area (Å²) in [5, 5.41) is 8.45. The van der Waals surface area contributed by atoms with E-state index in [0.29, 0.717) is 12.1 Å². The summed E-state index contributed by atoms with van der Waals surface area (Å²) in [7, 11) is 0. The van der Waals surface area contributed by atoms with E-state index in [4.69, 9.17) is 0 Å². The van der Waals surface area contributed by atoms with Gasteiger partial charge in [0, 0.05) is 10.8 Å². The number of aromatic nitrogens is 3. The van der Waals surface area contributed by atoms with E-state index >= 15 is 0 Å². The molecule has 1 aromatic heterocycles. The van der Waals surface area contributed by atoms with Crippen LogP contribution in [0.25, 0.3) is 16.7 Å². The zero-order valence-electron chi connectivity index (χ0n) is 12.4. The van der Waals surface area contributed by atoms with Crippen molar-refractivity contribution in [2.45, 2.75) is 44.5 Å². The van der Waals surface area contributed by atoms with Crippen LogP contribution in [0.2, 0.25) is 0 Å².